The van der Waals surface area contributed by atoms with Gasteiger partial charge in [0, 0.05) is 11.6 Å². The van der Waals surface area contributed by atoms with Crippen molar-refractivity contribution in [3.63, 3.8) is 0 Å². The van der Waals surface area contributed by atoms with Crippen LogP contribution >= 0.6 is 23.3 Å². The first-order valence-corrected chi connectivity index (χ1v) is 4.83. The van der Waals surface area contributed by atoms with E-state index in [9.17, 15) is 13.2 Å². The molecular weight excluding hydrogens is 249 g/mol. The van der Waals surface area contributed by atoms with Crippen LogP contribution in [0.2, 0.25) is 5.15 Å². The highest BCUT2D eigenvalue weighted by Gasteiger charge is 2.16. The molecule has 7 heteroatoms. The van der Waals surface area contributed by atoms with Crippen LogP contribution in [0.15, 0.2) is 12.1 Å². The van der Waals surface area contributed by atoms with Crippen molar-refractivity contribution < 1.29 is 13.2 Å². The fraction of sp³-hybridized carbons (Fsp3) is 0. The molecule has 0 saturated carbocycles. The molecule has 2 rings (SSSR count). The minimum atomic E-state index is -1.25. The van der Waals surface area contributed by atoms with Crippen LogP contribution < -0.4 is 0 Å². The summed E-state index contributed by atoms with van der Waals surface area (Å²) in [7, 11) is 0. The normalized spacial score (nSPS) is 10.7. The summed E-state index contributed by atoms with van der Waals surface area (Å²) < 4.78 is 46.0. The fourth-order valence-corrected chi connectivity index (χ4v) is 1.79. The molecule has 2 aromatic rings. The molecular formula is C8H2ClF3N2S. The lowest BCUT2D eigenvalue weighted by atomic mass is 10.1. The number of hydrogen-bond acceptors (Lipinski definition) is 3. The molecule has 0 spiro atoms. The van der Waals surface area contributed by atoms with Crippen molar-refractivity contribution in [3.8, 4) is 11.3 Å². The fourth-order valence-electron chi connectivity index (χ4n) is 1.04. The highest BCUT2D eigenvalue weighted by atomic mass is 35.5. The van der Waals surface area contributed by atoms with Gasteiger partial charge < -0.3 is 0 Å². The minimum Gasteiger partial charge on any atom is -0.206 e. The van der Waals surface area contributed by atoms with Gasteiger partial charge >= 0.3 is 0 Å². The van der Waals surface area contributed by atoms with Crippen molar-refractivity contribution in [2.24, 2.45) is 0 Å². The molecule has 0 radical (unpaired) electrons. The molecule has 1 aromatic carbocycles. The highest BCUT2D eigenvalue weighted by Crippen LogP contribution is 2.29. The second kappa shape index (κ2) is 3.79. The minimum absolute atomic E-state index is 0.0121. The number of nitrogens with zero attached hydrogens (tertiary/aromatic N) is 2. The Balaban J connectivity index is 2.64. The van der Waals surface area contributed by atoms with E-state index in [4.69, 9.17) is 11.6 Å². The Morgan fingerprint density at radius 3 is 2.27 bits per heavy atom. The van der Waals surface area contributed by atoms with E-state index in [0.29, 0.717) is 12.1 Å². The summed E-state index contributed by atoms with van der Waals surface area (Å²) in [6.07, 6.45) is 0. The van der Waals surface area contributed by atoms with Crippen molar-refractivity contribution in [3.05, 3.63) is 34.7 Å². The number of rotatable bonds is 1. The van der Waals surface area contributed by atoms with Gasteiger partial charge in [0.2, 0.25) is 0 Å². The first-order chi connectivity index (χ1) is 7.09. The van der Waals surface area contributed by atoms with Crippen LogP contribution in [0.4, 0.5) is 13.2 Å². The summed E-state index contributed by atoms with van der Waals surface area (Å²) in [6.45, 7) is 0. The van der Waals surface area contributed by atoms with Crippen LogP contribution in [-0.2, 0) is 0 Å². The summed E-state index contributed by atoms with van der Waals surface area (Å²) in [5.74, 6) is -3.34. The monoisotopic (exact) mass is 250 g/mol. The molecule has 0 N–H and O–H groups in total. The molecule has 0 aliphatic carbocycles. The van der Waals surface area contributed by atoms with Crippen LogP contribution in [0.25, 0.3) is 11.3 Å². The van der Waals surface area contributed by atoms with E-state index in [1.807, 2.05) is 0 Å². The second-order valence-corrected chi connectivity index (χ2v) is 3.54. The second-order valence-electron chi connectivity index (χ2n) is 2.65. The predicted octanol–water partition coefficient (Wildman–Crippen LogP) is 3.28. The van der Waals surface area contributed by atoms with Gasteiger partial charge in [0.15, 0.2) is 16.8 Å². The van der Waals surface area contributed by atoms with Crippen molar-refractivity contribution in [2.45, 2.75) is 0 Å². The third-order valence-corrected chi connectivity index (χ3v) is 2.61. The molecule has 0 aliphatic rings. The van der Waals surface area contributed by atoms with Crippen molar-refractivity contribution in [1.82, 2.24) is 8.75 Å². The van der Waals surface area contributed by atoms with E-state index in [2.05, 4.69) is 8.75 Å². The Morgan fingerprint density at radius 2 is 1.67 bits per heavy atom. The van der Waals surface area contributed by atoms with Gasteiger partial charge in [-0.2, -0.15) is 8.75 Å². The quantitative estimate of drug-likeness (QED) is 0.726. The maximum absolute atomic E-state index is 13.2. The zero-order valence-electron chi connectivity index (χ0n) is 6.97. The molecule has 0 bridgehead atoms. The van der Waals surface area contributed by atoms with Gasteiger partial charge in [-0.15, -0.1) is 0 Å². The van der Waals surface area contributed by atoms with Gasteiger partial charge in [-0.05, 0) is 6.07 Å². The Bertz CT molecular complexity index is 515. The molecule has 0 unspecified atom stereocenters. The number of benzene rings is 1. The highest BCUT2D eigenvalue weighted by molar-refractivity contribution is 6.99. The van der Waals surface area contributed by atoms with Crippen LogP contribution in [0.5, 0.6) is 0 Å². The summed E-state index contributed by atoms with van der Waals surface area (Å²) in [6, 6.07) is 1.15. The smallest absolute Gasteiger partial charge is 0.170 e. The van der Waals surface area contributed by atoms with E-state index in [0.717, 1.165) is 11.7 Å². The van der Waals surface area contributed by atoms with Gasteiger partial charge in [-0.1, -0.05) is 11.6 Å². The average Bonchev–Trinajstić information content (AvgIpc) is 2.58. The van der Waals surface area contributed by atoms with Gasteiger partial charge in [0.1, 0.15) is 11.5 Å². The maximum atomic E-state index is 13.2. The third kappa shape index (κ3) is 1.82. The first kappa shape index (κ1) is 10.4. The summed E-state index contributed by atoms with van der Waals surface area (Å²) in [5.41, 5.74) is -0.189. The summed E-state index contributed by atoms with van der Waals surface area (Å²) in [5, 5.41) is -0.0371. The molecule has 0 aliphatic heterocycles. The Kier molecular flexibility index (Phi) is 2.62. The molecule has 0 atom stereocenters. The van der Waals surface area contributed by atoms with Crippen molar-refractivity contribution in [1.29, 1.82) is 0 Å². The van der Waals surface area contributed by atoms with E-state index in [1.54, 1.807) is 0 Å². The lowest BCUT2D eigenvalue weighted by Crippen LogP contribution is -1.91. The lowest BCUT2D eigenvalue weighted by molar-refractivity contribution is 0.496. The number of hydrogen-bond donors (Lipinski definition) is 0. The molecule has 78 valence electrons. The molecule has 2 nitrogen and oxygen atoms in total. The maximum Gasteiger partial charge on any atom is 0.170 e. The Labute approximate surface area is 91.7 Å². The molecule has 0 fully saturated rings. The lowest BCUT2D eigenvalue weighted by Gasteiger charge is -2.00. The van der Waals surface area contributed by atoms with Crippen molar-refractivity contribution >= 4 is 23.3 Å². The zero-order chi connectivity index (χ0) is 11.0. The van der Waals surface area contributed by atoms with Gasteiger partial charge in [-0.25, -0.2) is 13.2 Å². The molecule has 1 aromatic heterocycles. The summed E-state index contributed by atoms with van der Waals surface area (Å²) in [4.78, 5) is 0. The van der Waals surface area contributed by atoms with Gasteiger partial charge in [0.05, 0.1) is 11.7 Å². The average molecular weight is 251 g/mol. The molecule has 0 saturated heterocycles. The van der Waals surface area contributed by atoms with Crippen LogP contribution in [-0.4, -0.2) is 8.75 Å². The predicted molar refractivity (Wildman–Crippen MR) is 50.2 cm³/mol. The van der Waals surface area contributed by atoms with E-state index < -0.39 is 17.5 Å². The van der Waals surface area contributed by atoms with Crippen LogP contribution in [0.3, 0.4) is 0 Å². The van der Waals surface area contributed by atoms with E-state index >= 15 is 0 Å². The van der Waals surface area contributed by atoms with E-state index in [-0.39, 0.29) is 16.4 Å². The van der Waals surface area contributed by atoms with Crippen LogP contribution in [0, 0.1) is 17.5 Å². The third-order valence-electron chi connectivity index (χ3n) is 1.71. The SMILES string of the molecule is Fc1cc(F)c(-c2nsnc2Cl)cc1F. The first-order valence-electron chi connectivity index (χ1n) is 3.72. The topological polar surface area (TPSA) is 25.8 Å². The zero-order valence-corrected chi connectivity index (χ0v) is 8.54. The van der Waals surface area contributed by atoms with Gasteiger partial charge in [0.25, 0.3) is 0 Å². The Hall–Kier alpha value is -1.14. The van der Waals surface area contributed by atoms with Crippen LogP contribution in [0.1, 0.15) is 0 Å². The molecule has 1 heterocycles. The largest absolute Gasteiger partial charge is 0.206 e. The Morgan fingerprint density at radius 1 is 1.00 bits per heavy atom. The number of halogens is 4. The number of aromatic nitrogens is 2. The van der Waals surface area contributed by atoms with E-state index in [1.165, 1.54) is 0 Å². The standard InChI is InChI=1S/C8H2ClF3N2S/c9-8-7(13-15-14-8)3-1-5(11)6(12)2-4(3)10/h1-2H. The molecule has 15 heavy (non-hydrogen) atoms. The molecule has 0 amide bonds. The van der Waals surface area contributed by atoms with Crippen molar-refractivity contribution in [2.75, 3.05) is 0 Å². The summed E-state index contributed by atoms with van der Waals surface area (Å²) >= 11 is 6.36. The van der Waals surface area contributed by atoms with Gasteiger partial charge in [-0.3, -0.25) is 0 Å².